The van der Waals surface area contributed by atoms with E-state index >= 15 is 0 Å². The third-order valence-electron chi connectivity index (χ3n) is 2.10. The summed E-state index contributed by atoms with van der Waals surface area (Å²) in [4.78, 5) is 2.51. The van der Waals surface area contributed by atoms with E-state index in [0.717, 1.165) is 25.7 Å². The van der Waals surface area contributed by atoms with Crippen LogP contribution in [0.2, 0.25) is 0 Å². The molecule has 0 bridgehead atoms. The molecule has 1 aliphatic rings. The van der Waals surface area contributed by atoms with Crippen LogP contribution in [0.3, 0.4) is 0 Å². The Bertz CT molecular complexity index is 114. The van der Waals surface area contributed by atoms with E-state index in [4.69, 9.17) is 4.74 Å². The zero-order chi connectivity index (χ0) is 8.27. The molecule has 0 amide bonds. The van der Waals surface area contributed by atoms with Crippen molar-refractivity contribution in [3.05, 3.63) is 0 Å². The number of nitrogens with zero attached hydrogens (tertiary/aromatic N) is 1. The van der Waals surface area contributed by atoms with Crippen LogP contribution in [0.25, 0.3) is 0 Å². The first-order valence-corrected chi connectivity index (χ1v) is 4.52. The second-order valence-electron chi connectivity index (χ2n) is 3.81. The first-order chi connectivity index (χ1) is 5.20. The molecule has 0 aromatic heterocycles. The summed E-state index contributed by atoms with van der Waals surface area (Å²) in [6.07, 6.45) is 0. The zero-order valence-electron chi connectivity index (χ0n) is 7.84. The van der Waals surface area contributed by atoms with Crippen molar-refractivity contribution in [3.8, 4) is 0 Å². The van der Waals surface area contributed by atoms with Gasteiger partial charge in [0.05, 0.1) is 13.2 Å². The van der Waals surface area contributed by atoms with Gasteiger partial charge in [-0.2, -0.15) is 0 Å². The predicted octanol–water partition coefficient (Wildman–Crippen LogP) is 1.36. The SMILES string of the molecule is CC(C)CN1CCOC[C@@H]1C. The number of hydrogen-bond acceptors (Lipinski definition) is 2. The zero-order valence-corrected chi connectivity index (χ0v) is 7.84. The van der Waals surface area contributed by atoms with Gasteiger partial charge in [-0.3, -0.25) is 4.90 Å². The van der Waals surface area contributed by atoms with Gasteiger partial charge >= 0.3 is 0 Å². The van der Waals surface area contributed by atoms with Gasteiger partial charge in [-0.1, -0.05) is 13.8 Å². The van der Waals surface area contributed by atoms with Crippen LogP contribution in [0, 0.1) is 5.92 Å². The first-order valence-electron chi connectivity index (χ1n) is 4.52. The molecule has 1 heterocycles. The van der Waals surface area contributed by atoms with E-state index in [1.54, 1.807) is 0 Å². The minimum absolute atomic E-state index is 0.617. The van der Waals surface area contributed by atoms with Crippen molar-refractivity contribution in [2.45, 2.75) is 26.8 Å². The Morgan fingerprint density at radius 1 is 1.55 bits per heavy atom. The van der Waals surface area contributed by atoms with Crippen LogP contribution < -0.4 is 0 Å². The van der Waals surface area contributed by atoms with Crippen molar-refractivity contribution in [1.82, 2.24) is 4.90 Å². The number of hydrogen-bond donors (Lipinski definition) is 0. The summed E-state index contributed by atoms with van der Waals surface area (Å²) in [6, 6.07) is 0.617. The largest absolute Gasteiger partial charge is 0.379 e. The second-order valence-corrected chi connectivity index (χ2v) is 3.81. The molecule has 1 rings (SSSR count). The van der Waals surface area contributed by atoms with Crippen molar-refractivity contribution in [1.29, 1.82) is 0 Å². The summed E-state index contributed by atoms with van der Waals surface area (Å²) in [5, 5.41) is 0. The molecule has 0 radical (unpaired) electrons. The molecule has 0 aliphatic carbocycles. The second kappa shape index (κ2) is 4.07. The fraction of sp³-hybridized carbons (Fsp3) is 1.00. The topological polar surface area (TPSA) is 12.5 Å². The van der Waals surface area contributed by atoms with E-state index in [2.05, 4.69) is 25.7 Å². The van der Waals surface area contributed by atoms with Gasteiger partial charge in [0.1, 0.15) is 0 Å². The number of morpholine rings is 1. The molecule has 0 N–H and O–H groups in total. The van der Waals surface area contributed by atoms with Crippen LogP contribution in [0.1, 0.15) is 20.8 Å². The summed E-state index contributed by atoms with van der Waals surface area (Å²) >= 11 is 0. The summed E-state index contributed by atoms with van der Waals surface area (Å²) in [7, 11) is 0. The Labute approximate surface area is 69.5 Å². The number of ether oxygens (including phenoxy) is 1. The Kier molecular flexibility index (Phi) is 3.34. The van der Waals surface area contributed by atoms with Crippen molar-refractivity contribution < 1.29 is 4.74 Å². The van der Waals surface area contributed by atoms with Crippen molar-refractivity contribution in [2.24, 2.45) is 5.92 Å². The Hall–Kier alpha value is -0.0800. The Morgan fingerprint density at radius 2 is 2.27 bits per heavy atom. The van der Waals surface area contributed by atoms with E-state index in [1.807, 2.05) is 0 Å². The van der Waals surface area contributed by atoms with Crippen LogP contribution >= 0.6 is 0 Å². The fourth-order valence-electron chi connectivity index (χ4n) is 1.50. The maximum Gasteiger partial charge on any atom is 0.0619 e. The standard InChI is InChI=1S/C9H19NO/c1-8(2)6-10-4-5-11-7-9(10)3/h8-9H,4-7H2,1-3H3/t9-/m0/s1. The molecule has 2 heteroatoms. The first kappa shape index (κ1) is 9.01. The molecule has 1 fully saturated rings. The highest BCUT2D eigenvalue weighted by Gasteiger charge is 2.18. The molecule has 0 aromatic rings. The summed E-state index contributed by atoms with van der Waals surface area (Å²) in [5.41, 5.74) is 0. The van der Waals surface area contributed by atoms with E-state index in [1.165, 1.54) is 6.54 Å². The third kappa shape index (κ3) is 2.80. The highest BCUT2D eigenvalue weighted by Crippen LogP contribution is 2.08. The van der Waals surface area contributed by atoms with Crippen LogP contribution in [0.15, 0.2) is 0 Å². The van der Waals surface area contributed by atoms with E-state index in [0.29, 0.717) is 6.04 Å². The van der Waals surface area contributed by atoms with Crippen molar-refractivity contribution in [3.63, 3.8) is 0 Å². The highest BCUT2D eigenvalue weighted by molar-refractivity contribution is 4.71. The molecule has 2 nitrogen and oxygen atoms in total. The van der Waals surface area contributed by atoms with Crippen LogP contribution in [-0.4, -0.2) is 37.2 Å². The lowest BCUT2D eigenvalue weighted by molar-refractivity contribution is -0.00517. The van der Waals surface area contributed by atoms with Crippen LogP contribution in [-0.2, 0) is 4.74 Å². The van der Waals surface area contributed by atoms with Gasteiger partial charge in [0.15, 0.2) is 0 Å². The normalized spacial score (nSPS) is 27.8. The maximum atomic E-state index is 5.35. The van der Waals surface area contributed by atoms with Crippen LogP contribution in [0.4, 0.5) is 0 Å². The Morgan fingerprint density at radius 3 is 2.82 bits per heavy atom. The molecule has 0 unspecified atom stereocenters. The number of rotatable bonds is 2. The summed E-state index contributed by atoms with van der Waals surface area (Å²) in [6.45, 7) is 10.9. The van der Waals surface area contributed by atoms with Crippen LogP contribution in [0.5, 0.6) is 0 Å². The average molecular weight is 157 g/mol. The molecule has 1 atom stereocenters. The minimum Gasteiger partial charge on any atom is -0.379 e. The molecule has 0 saturated carbocycles. The van der Waals surface area contributed by atoms with Gasteiger partial charge in [-0.15, -0.1) is 0 Å². The Balaban J connectivity index is 2.29. The van der Waals surface area contributed by atoms with Gasteiger partial charge < -0.3 is 4.74 Å². The molecule has 0 aromatic carbocycles. The lowest BCUT2D eigenvalue weighted by atomic mass is 10.1. The third-order valence-corrected chi connectivity index (χ3v) is 2.10. The van der Waals surface area contributed by atoms with Gasteiger partial charge in [0, 0.05) is 19.1 Å². The van der Waals surface area contributed by atoms with Gasteiger partial charge in [0.2, 0.25) is 0 Å². The summed E-state index contributed by atoms with van der Waals surface area (Å²) < 4.78 is 5.35. The quantitative estimate of drug-likeness (QED) is 0.600. The lowest BCUT2D eigenvalue weighted by Crippen LogP contribution is -2.45. The molecule has 11 heavy (non-hydrogen) atoms. The lowest BCUT2D eigenvalue weighted by Gasteiger charge is -2.34. The highest BCUT2D eigenvalue weighted by atomic mass is 16.5. The van der Waals surface area contributed by atoms with Crippen molar-refractivity contribution >= 4 is 0 Å². The molecule has 1 saturated heterocycles. The monoisotopic (exact) mass is 157 g/mol. The van der Waals surface area contributed by atoms with E-state index < -0.39 is 0 Å². The predicted molar refractivity (Wildman–Crippen MR) is 46.7 cm³/mol. The molecular weight excluding hydrogens is 138 g/mol. The van der Waals surface area contributed by atoms with E-state index in [9.17, 15) is 0 Å². The molecule has 1 aliphatic heterocycles. The van der Waals surface area contributed by atoms with Crippen molar-refractivity contribution in [2.75, 3.05) is 26.3 Å². The molecule has 66 valence electrons. The summed E-state index contributed by atoms with van der Waals surface area (Å²) in [5.74, 6) is 0.774. The van der Waals surface area contributed by atoms with Gasteiger partial charge in [-0.25, -0.2) is 0 Å². The molecule has 0 spiro atoms. The van der Waals surface area contributed by atoms with Gasteiger partial charge in [-0.05, 0) is 12.8 Å². The fourth-order valence-corrected chi connectivity index (χ4v) is 1.50. The molecular formula is C9H19NO. The smallest absolute Gasteiger partial charge is 0.0619 e. The average Bonchev–Trinajstić information content (AvgIpc) is 1.93. The minimum atomic E-state index is 0.617. The van der Waals surface area contributed by atoms with E-state index in [-0.39, 0.29) is 0 Å². The van der Waals surface area contributed by atoms with Gasteiger partial charge in [0.25, 0.3) is 0 Å². The maximum absolute atomic E-state index is 5.35.